The van der Waals surface area contributed by atoms with E-state index in [2.05, 4.69) is 11.9 Å². The quantitative estimate of drug-likeness (QED) is 0.707. The highest BCUT2D eigenvalue weighted by Gasteiger charge is 2.23. The van der Waals surface area contributed by atoms with Crippen molar-refractivity contribution >= 4 is 23.5 Å². The fourth-order valence-electron chi connectivity index (χ4n) is 2.47. The van der Waals surface area contributed by atoms with E-state index < -0.39 is 11.9 Å². The fraction of sp³-hybridized carbons (Fsp3) is 0.421. The van der Waals surface area contributed by atoms with Crippen LogP contribution in [-0.2, 0) is 4.79 Å². The molecule has 1 aromatic rings. The van der Waals surface area contributed by atoms with Crippen molar-refractivity contribution in [3.05, 3.63) is 42.0 Å². The van der Waals surface area contributed by atoms with Gasteiger partial charge in [-0.3, -0.25) is 9.59 Å². The average Bonchev–Trinajstić information content (AvgIpc) is 2.52. The van der Waals surface area contributed by atoms with Gasteiger partial charge in [0.15, 0.2) is 0 Å². The first-order chi connectivity index (χ1) is 11.6. The van der Waals surface area contributed by atoms with Gasteiger partial charge in [-0.2, -0.15) is 0 Å². The second-order valence-electron chi connectivity index (χ2n) is 6.76. The highest BCUT2D eigenvalue weighted by molar-refractivity contribution is 6.06. The monoisotopic (exact) mass is 346 g/mol. The molecule has 0 saturated heterocycles. The summed E-state index contributed by atoms with van der Waals surface area (Å²) in [7, 11) is 0. The number of rotatable bonds is 8. The van der Waals surface area contributed by atoms with Gasteiger partial charge in [-0.05, 0) is 36.1 Å². The van der Waals surface area contributed by atoms with Crippen molar-refractivity contribution < 1.29 is 19.5 Å². The number of nitrogens with zero attached hydrogens (tertiary/aromatic N) is 1. The second-order valence-corrected chi connectivity index (χ2v) is 6.76. The van der Waals surface area contributed by atoms with Crippen molar-refractivity contribution in [2.45, 2.75) is 27.7 Å². The lowest BCUT2D eigenvalue weighted by atomic mass is 10.0. The number of aromatic carboxylic acids is 1. The van der Waals surface area contributed by atoms with Crippen LogP contribution in [-0.4, -0.2) is 40.9 Å². The molecule has 0 aliphatic rings. The minimum Gasteiger partial charge on any atom is -0.478 e. The molecule has 136 valence electrons. The maximum absolute atomic E-state index is 12.9. The Kier molecular flexibility index (Phi) is 7.36. The van der Waals surface area contributed by atoms with Gasteiger partial charge < -0.3 is 15.3 Å². The first kappa shape index (κ1) is 20.4. The van der Waals surface area contributed by atoms with Crippen molar-refractivity contribution in [1.82, 2.24) is 4.90 Å². The first-order valence-corrected chi connectivity index (χ1v) is 8.25. The Morgan fingerprint density at radius 3 is 2.12 bits per heavy atom. The lowest BCUT2D eigenvalue weighted by molar-refractivity contribution is -0.111. The number of nitrogens with one attached hydrogen (secondary N) is 1. The third-order valence-electron chi connectivity index (χ3n) is 3.39. The van der Waals surface area contributed by atoms with Gasteiger partial charge >= 0.3 is 5.97 Å². The zero-order chi connectivity index (χ0) is 19.1. The Hall–Kier alpha value is -2.63. The summed E-state index contributed by atoms with van der Waals surface area (Å²) < 4.78 is 0. The molecule has 2 amide bonds. The largest absolute Gasteiger partial charge is 0.478 e. The van der Waals surface area contributed by atoms with Gasteiger partial charge in [0.05, 0.1) is 11.1 Å². The molecule has 6 nitrogen and oxygen atoms in total. The number of amides is 2. The fourth-order valence-corrected chi connectivity index (χ4v) is 2.47. The highest BCUT2D eigenvalue weighted by Crippen LogP contribution is 2.19. The molecule has 0 aromatic heterocycles. The summed E-state index contributed by atoms with van der Waals surface area (Å²) >= 11 is 0. The number of hydrogen-bond acceptors (Lipinski definition) is 3. The molecule has 6 heteroatoms. The molecule has 0 aliphatic heterocycles. The van der Waals surface area contributed by atoms with Crippen molar-refractivity contribution in [1.29, 1.82) is 0 Å². The second kappa shape index (κ2) is 9.01. The third-order valence-corrected chi connectivity index (χ3v) is 3.39. The van der Waals surface area contributed by atoms with E-state index >= 15 is 0 Å². The topological polar surface area (TPSA) is 86.7 Å². The molecule has 1 aromatic carbocycles. The molecule has 0 aliphatic carbocycles. The molecule has 0 atom stereocenters. The number of hydrogen-bond donors (Lipinski definition) is 2. The van der Waals surface area contributed by atoms with E-state index in [-0.39, 0.29) is 28.9 Å². The third kappa shape index (κ3) is 6.06. The zero-order valence-electron chi connectivity index (χ0n) is 15.2. The van der Waals surface area contributed by atoms with Crippen LogP contribution in [0.2, 0.25) is 0 Å². The molecule has 2 N–H and O–H groups in total. The molecule has 25 heavy (non-hydrogen) atoms. The summed E-state index contributed by atoms with van der Waals surface area (Å²) in [4.78, 5) is 37.5. The first-order valence-electron chi connectivity index (χ1n) is 8.25. The number of carbonyl (C=O) groups excluding carboxylic acids is 2. The Labute approximate surface area is 148 Å². The van der Waals surface area contributed by atoms with Crippen LogP contribution in [0, 0.1) is 11.8 Å². The van der Waals surface area contributed by atoms with Crippen LogP contribution in [0.3, 0.4) is 0 Å². The summed E-state index contributed by atoms with van der Waals surface area (Å²) in [5, 5.41) is 12.0. The van der Waals surface area contributed by atoms with Gasteiger partial charge in [0.2, 0.25) is 5.91 Å². The lowest BCUT2D eigenvalue weighted by Crippen LogP contribution is -2.37. The molecular weight excluding hydrogens is 320 g/mol. The predicted molar refractivity (Wildman–Crippen MR) is 97.8 cm³/mol. The molecule has 1 rings (SSSR count). The van der Waals surface area contributed by atoms with Crippen LogP contribution >= 0.6 is 0 Å². The number of benzene rings is 1. The number of carboxylic acids is 1. The Morgan fingerprint density at radius 1 is 1.12 bits per heavy atom. The Balaban J connectivity index is 3.23. The minimum absolute atomic E-state index is 0.116. The van der Waals surface area contributed by atoms with Gasteiger partial charge in [-0.1, -0.05) is 34.3 Å². The van der Waals surface area contributed by atoms with Crippen molar-refractivity contribution in [2.75, 3.05) is 18.4 Å². The number of carboxylic acid groups (broad SMARTS) is 1. The van der Waals surface area contributed by atoms with E-state index in [4.69, 9.17) is 0 Å². The lowest BCUT2D eigenvalue weighted by Gasteiger charge is -2.27. The highest BCUT2D eigenvalue weighted by atomic mass is 16.4. The molecular formula is C19H26N2O4. The Morgan fingerprint density at radius 2 is 1.68 bits per heavy atom. The van der Waals surface area contributed by atoms with Crippen LogP contribution in [0.4, 0.5) is 5.69 Å². The van der Waals surface area contributed by atoms with Gasteiger partial charge in [-0.25, -0.2) is 4.79 Å². The van der Waals surface area contributed by atoms with Crippen molar-refractivity contribution in [3.8, 4) is 0 Å². The Bertz CT molecular complexity index is 655. The van der Waals surface area contributed by atoms with E-state index in [0.29, 0.717) is 18.8 Å². The van der Waals surface area contributed by atoms with E-state index in [1.165, 1.54) is 18.2 Å². The molecule has 0 bridgehead atoms. The van der Waals surface area contributed by atoms with Gasteiger partial charge in [0, 0.05) is 18.8 Å². The minimum atomic E-state index is -1.22. The van der Waals surface area contributed by atoms with Gasteiger partial charge in [0.25, 0.3) is 5.91 Å². The molecule has 0 spiro atoms. The normalized spacial score (nSPS) is 10.6. The van der Waals surface area contributed by atoms with E-state index in [9.17, 15) is 19.5 Å². The van der Waals surface area contributed by atoms with Crippen LogP contribution < -0.4 is 5.32 Å². The predicted octanol–water partition coefficient (Wildman–Crippen LogP) is 3.26. The number of carbonyl (C=O) groups is 3. The van der Waals surface area contributed by atoms with Crippen LogP contribution in [0.25, 0.3) is 0 Å². The van der Waals surface area contributed by atoms with Crippen LogP contribution in [0.5, 0.6) is 0 Å². The average molecular weight is 346 g/mol. The molecule has 0 saturated carbocycles. The maximum atomic E-state index is 12.9. The van der Waals surface area contributed by atoms with Gasteiger partial charge in [-0.15, -0.1) is 0 Å². The molecule has 0 unspecified atom stereocenters. The zero-order valence-corrected chi connectivity index (χ0v) is 15.2. The van der Waals surface area contributed by atoms with Crippen molar-refractivity contribution in [3.63, 3.8) is 0 Å². The van der Waals surface area contributed by atoms with Crippen LogP contribution in [0.15, 0.2) is 30.9 Å². The SMILES string of the molecule is C=CC(=O)Nc1ccc(C(=O)N(CC(C)C)CC(C)C)c(C(=O)O)c1. The molecule has 0 radical (unpaired) electrons. The maximum Gasteiger partial charge on any atom is 0.336 e. The molecule has 0 heterocycles. The van der Waals surface area contributed by atoms with E-state index in [1.807, 2.05) is 27.7 Å². The summed E-state index contributed by atoms with van der Waals surface area (Å²) in [5.41, 5.74) is 0.285. The van der Waals surface area contributed by atoms with E-state index in [0.717, 1.165) is 6.08 Å². The number of anilines is 1. The van der Waals surface area contributed by atoms with Crippen molar-refractivity contribution in [2.24, 2.45) is 11.8 Å². The summed E-state index contributed by atoms with van der Waals surface area (Å²) in [6, 6.07) is 4.25. The summed E-state index contributed by atoms with van der Waals surface area (Å²) in [5.74, 6) is -1.45. The van der Waals surface area contributed by atoms with Crippen LogP contribution in [0.1, 0.15) is 48.4 Å². The summed E-state index contributed by atoms with van der Waals surface area (Å²) in [6.07, 6.45) is 1.09. The molecule has 0 fully saturated rings. The smallest absolute Gasteiger partial charge is 0.336 e. The van der Waals surface area contributed by atoms with Gasteiger partial charge in [0.1, 0.15) is 0 Å². The summed E-state index contributed by atoms with van der Waals surface area (Å²) in [6.45, 7) is 12.5. The van der Waals surface area contributed by atoms with E-state index in [1.54, 1.807) is 4.90 Å². The standard InChI is InChI=1S/C19H26N2O4/c1-6-17(22)20-14-7-8-15(16(9-14)19(24)25)18(23)21(10-12(2)3)11-13(4)5/h6-9,12-13H,1,10-11H2,2-5H3,(H,20,22)(H,24,25).